The first kappa shape index (κ1) is 22.1. The van der Waals surface area contributed by atoms with Gasteiger partial charge in [-0.3, -0.25) is 9.69 Å². The Kier molecular flexibility index (Phi) is 6.09. The number of rotatable bonds is 6. The molecule has 1 aromatic carbocycles. The van der Waals surface area contributed by atoms with E-state index in [4.69, 9.17) is 9.47 Å². The van der Waals surface area contributed by atoms with Crippen molar-refractivity contribution in [3.05, 3.63) is 29.6 Å². The molecule has 2 aliphatic rings. The third kappa shape index (κ3) is 4.59. The molecule has 1 heterocycles. The zero-order valence-corrected chi connectivity index (χ0v) is 17.9. The van der Waals surface area contributed by atoms with Crippen molar-refractivity contribution in [2.45, 2.75) is 44.0 Å². The standard InChI is InChI=1S/C21H24FNO6S/c1-4-28-19(24)21(2,30(3,26)27)12-16-13-23(20(25)29-16)18-10-9-15(11-17(18)22)8-7-14-5-6-14/h9-11,14,16H,4-6,12-13H2,1-3H3/t16-,21?/m0/s1. The quantitative estimate of drug-likeness (QED) is 0.502. The third-order valence-electron chi connectivity index (χ3n) is 5.25. The van der Waals surface area contributed by atoms with Crippen LogP contribution in [0.5, 0.6) is 0 Å². The molecule has 0 N–H and O–H groups in total. The Hall–Kier alpha value is -2.60. The lowest BCUT2D eigenvalue weighted by Crippen LogP contribution is -2.47. The van der Waals surface area contributed by atoms with E-state index in [1.54, 1.807) is 13.0 Å². The van der Waals surface area contributed by atoms with Gasteiger partial charge in [-0.2, -0.15) is 0 Å². The summed E-state index contributed by atoms with van der Waals surface area (Å²) < 4.78 is 47.4. The number of carbonyl (C=O) groups excluding carboxylic acids is 2. The number of hydrogen-bond donors (Lipinski definition) is 0. The summed E-state index contributed by atoms with van der Waals surface area (Å²) in [5.74, 6) is 4.79. The van der Waals surface area contributed by atoms with Crippen LogP contribution < -0.4 is 4.90 Å². The first-order valence-corrected chi connectivity index (χ1v) is 11.6. The molecule has 0 aromatic heterocycles. The van der Waals surface area contributed by atoms with Crippen LogP contribution in [0.2, 0.25) is 0 Å². The Balaban J connectivity index is 1.77. The van der Waals surface area contributed by atoms with E-state index in [1.165, 1.54) is 19.1 Å². The number of amides is 1. The molecule has 1 aliphatic heterocycles. The van der Waals surface area contributed by atoms with Gasteiger partial charge < -0.3 is 9.47 Å². The lowest BCUT2D eigenvalue weighted by Gasteiger charge is -2.27. The van der Waals surface area contributed by atoms with Crippen molar-refractivity contribution in [2.75, 3.05) is 24.3 Å². The summed E-state index contributed by atoms with van der Waals surface area (Å²) in [5.41, 5.74) is 0.524. The summed E-state index contributed by atoms with van der Waals surface area (Å²) in [6, 6.07) is 4.31. The van der Waals surface area contributed by atoms with Crippen molar-refractivity contribution < 1.29 is 31.9 Å². The maximum atomic E-state index is 14.6. The Morgan fingerprint density at radius 3 is 2.67 bits per heavy atom. The molecule has 3 rings (SSSR count). The molecule has 1 saturated heterocycles. The van der Waals surface area contributed by atoms with Crippen LogP contribution in [0.15, 0.2) is 18.2 Å². The Labute approximate surface area is 175 Å². The molecular weight excluding hydrogens is 413 g/mol. The number of hydrogen-bond acceptors (Lipinski definition) is 6. The van der Waals surface area contributed by atoms with E-state index in [0.29, 0.717) is 11.5 Å². The molecule has 1 aromatic rings. The van der Waals surface area contributed by atoms with Crippen LogP contribution >= 0.6 is 0 Å². The minimum absolute atomic E-state index is 0.0108. The van der Waals surface area contributed by atoms with Crippen molar-refractivity contribution >= 4 is 27.6 Å². The van der Waals surface area contributed by atoms with E-state index in [2.05, 4.69) is 11.8 Å². The second-order valence-electron chi connectivity index (χ2n) is 7.75. The molecule has 1 amide bonds. The van der Waals surface area contributed by atoms with Gasteiger partial charge >= 0.3 is 12.1 Å². The van der Waals surface area contributed by atoms with Gasteiger partial charge in [0.05, 0.1) is 18.8 Å². The lowest BCUT2D eigenvalue weighted by molar-refractivity contribution is -0.146. The predicted octanol–water partition coefficient (Wildman–Crippen LogP) is 2.67. The lowest BCUT2D eigenvalue weighted by atomic mass is 10.0. The largest absolute Gasteiger partial charge is 0.465 e. The summed E-state index contributed by atoms with van der Waals surface area (Å²) in [6.07, 6.45) is 1.03. The van der Waals surface area contributed by atoms with Gasteiger partial charge in [-0.05, 0) is 44.9 Å². The highest BCUT2D eigenvalue weighted by Gasteiger charge is 2.49. The first-order valence-electron chi connectivity index (χ1n) is 9.71. The van der Waals surface area contributed by atoms with Crippen LogP contribution in [0.4, 0.5) is 14.9 Å². The topological polar surface area (TPSA) is 90.0 Å². The van der Waals surface area contributed by atoms with Gasteiger partial charge in [-0.1, -0.05) is 11.8 Å². The zero-order valence-electron chi connectivity index (χ0n) is 17.1. The summed E-state index contributed by atoms with van der Waals surface area (Å²) in [4.78, 5) is 25.7. The Bertz CT molecular complexity index is 1020. The van der Waals surface area contributed by atoms with Gasteiger partial charge in [0.2, 0.25) is 0 Å². The Morgan fingerprint density at radius 2 is 2.10 bits per heavy atom. The molecular formula is C21H24FNO6S. The normalized spacial score (nSPS) is 20.7. The molecule has 2 atom stereocenters. The second kappa shape index (κ2) is 8.26. The summed E-state index contributed by atoms with van der Waals surface area (Å²) in [5, 5.41) is 0. The van der Waals surface area contributed by atoms with Crippen LogP contribution in [0.1, 0.15) is 38.7 Å². The van der Waals surface area contributed by atoms with E-state index >= 15 is 0 Å². The molecule has 1 aliphatic carbocycles. The molecule has 0 bridgehead atoms. The van der Waals surface area contributed by atoms with Crippen molar-refractivity contribution in [1.82, 2.24) is 0 Å². The molecule has 30 heavy (non-hydrogen) atoms. The highest BCUT2D eigenvalue weighted by atomic mass is 32.2. The summed E-state index contributed by atoms with van der Waals surface area (Å²) in [7, 11) is -3.87. The summed E-state index contributed by atoms with van der Waals surface area (Å²) in [6.45, 7) is 2.74. The van der Waals surface area contributed by atoms with E-state index in [1.807, 2.05) is 0 Å². The number of carbonyl (C=O) groups is 2. The number of anilines is 1. The fourth-order valence-electron chi connectivity index (χ4n) is 3.15. The number of halogens is 1. The van der Waals surface area contributed by atoms with Gasteiger partial charge in [0.25, 0.3) is 0 Å². The SMILES string of the molecule is CCOC(=O)C(C)(C[C@H]1CN(c2ccc(C#CC3CC3)cc2F)C(=O)O1)S(C)(=O)=O. The molecule has 7 nitrogen and oxygen atoms in total. The molecule has 162 valence electrons. The molecule has 0 radical (unpaired) electrons. The monoisotopic (exact) mass is 437 g/mol. The molecule has 1 saturated carbocycles. The van der Waals surface area contributed by atoms with Crippen LogP contribution in [0.25, 0.3) is 0 Å². The van der Waals surface area contributed by atoms with Gasteiger partial charge in [-0.25, -0.2) is 17.6 Å². The van der Waals surface area contributed by atoms with E-state index in [9.17, 15) is 22.4 Å². The van der Waals surface area contributed by atoms with Crippen LogP contribution in [-0.2, 0) is 24.1 Å². The smallest absolute Gasteiger partial charge is 0.414 e. The average molecular weight is 437 g/mol. The van der Waals surface area contributed by atoms with Gasteiger partial charge in [0.1, 0.15) is 11.9 Å². The van der Waals surface area contributed by atoms with E-state index in [0.717, 1.165) is 24.0 Å². The van der Waals surface area contributed by atoms with Crippen LogP contribution in [-0.4, -0.2) is 50.7 Å². The molecule has 9 heteroatoms. The van der Waals surface area contributed by atoms with Crippen molar-refractivity contribution in [3.63, 3.8) is 0 Å². The van der Waals surface area contributed by atoms with E-state index in [-0.39, 0.29) is 25.3 Å². The van der Waals surface area contributed by atoms with Gasteiger partial charge in [-0.15, -0.1) is 0 Å². The van der Waals surface area contributed by atoms with Crippen molar-refractivity contribution in [2.24, 2.45) is 5.92 Å². The molecule has 1 unspecified atom stereocenters. The number of nitrogens with zero attached hydrogens (tertiary/aromatic N) is 1. The number of benzene rings is 1. The minimum atomic E-state index is -3.87. The van der Waals surface area contributed by atoms with E-state index < -0.39 is 38.6 Å². The van der Waals surface area contributed by atoms with Crippen LogP contribution in [0.3, 0.4) is 0 Å². The number of ether oxygens (including phenoxy) is 2. The predicted molar refractivity (Wildman–Crippen MR) is 108 cm³/mol. The number of cyclic esters (lactones) is 1. The maximum Gasteiger partial charge on any atom is 0.414 e. The Morgan fingerprint density at radius 1 is 1.40 bits per heavy atom. The highest BCUT2D eigenvalue weighted by Crippen LogP contribution is 2.32. The zero-order chi connectivity index (χ0) is 22.1. The first-order chi connectivity index (χ1) is 14.0. The molecule has 2 fully saturated rings. The number of esters is 1. The third-order valence-corrected chi connectivity index (χ3v) is 7.22. The maximum absolute atomic E-state index is 14.6. The highest BCUT2D eigenvalue weighted by molar-refractivity contribution is 7.92. The van der Waals surface area contributed by atoms with Crippen molar-refractivity contribution in [3.8, 4) is 11.8 Å². The average Bonchev–Trinajstić information content (AvgIpc) is 3.42. The van der Waals surface area contributed by atoms with Crippen LogP contribution in [0, 0.1) is 23.6 Å². The summed E-state index contributed by atoms with van der Waals surface area (Å²) >= 11 is 0. The minimum Gasteiger partial charge on any atom is -0.465 e. The number of sulfone groups is 1. The van der Waals surface area contributed by atoms with Crippen molar-refractivity contribution in [1.29, 1.82) is 0 Å². The second-order valence-corrected chi connectivity index (χ2v) is 10.2. The van der Waals surface area contributed by atoms with Gasteiger partial charge in [0, 0.05) is 24.2 Å². The fourth-order valence-corrected chi connectivity index (χ4v) is 4.00. The fraction of sp³-hybridized carbons (Fsp3) is 0.524. The molecule has 0 spiro atoms. The van der Waals surface area contributed by atoms with Gasteiger partial charge in [0.15, 0.2) is 14.6 Å².